The van der Waals surface area contributed by atoms with Crippen LogP contribution in [-0.2, 0) is 4.79 Å². The highest BCUT2D eigenvalue weighted by Crippen LogP contribution is 2.17. The minimum absolute atomic E-state index is 0.102. The molecular weight excluding hydrogens is 186 g/mol. The molecule has 74 valence electrons. The van der Waals surface area contributed by atoms with Crippen molar-refractivity contribution in [2.45, 2.75) is 6.92 Å². The van der Waals surface area contributed by atoms with E-state index in [4.69, 9.17) is 9.94 Å². The Morgan fingerprint density at radius 3 is 2.57 bits per heavy atom. The summed E-state index contributed by atoms with van der Waals surface area (Å²) in [6.07, 6.45) is 0. The molecule has 0 heterocycles. The van der Waals surface area contributed by atoms with E-state index in [9.17, 15) is 9.59 Å². The van der Waals surface area contributed by atoms with Crippen LogP contribution in [-0.4, -0.2) is 17.1 Å². The Kier molecular flexibility index (Phi) is 3.19. The van der Waals surface area contributed by atoms with Gasteiger partial charge in [-0.25, -0.2) is 5.48 Å². The minimum Gasteiger partial charge on any atom is -0.426 e. The first-order valence-electron chi connectivity index (χ1n) is 3.87. The fourth-order valence-electron chi connectivity index (χ4n) is 0.958. The molecule has 0 fully saturated rings. The second-order valence-electron chi connectivity index (χ2n) is 2.53. The van der Waals surface area contributed by atoms with E-state index < -0.39 is 11.9 Å². The summed E-state index contributed by atoms with van der Waals surface area (Å²) >= 11 is 0. The third-order valence-corrected chi connectivity index (χ3v) is 1.49. The largest absolute Gasteiger partial charge is 0.426 e. The molecule has 0 bridgehead atoms. The highest BCUT2D eigenvalue weighted by molar-refractivity contribution is 5.96. The number of esters is 1. The first-order chi connectivity index (χ1) is 6.65. The maximum atomic E-state index is 11.1. The number of rotatable bonds is 2. The van der Waals surface area contributed by atoms with Crippen molar-refractivity contribution in [2.24, 2.45) is 0 Å². The van der Waals surface area contributed by atoms with Gasteiger partial charge in [0.15, 0.2) is 0 Å². The maximum Gasteiger partial charge on any atom is 0.308 e. The summed E-state index contributed by atoms with van der Waals surface area (Å²) in [6.45, 7) is 1.23. The van der Waals surface area contributed by atoms with Crippen molar-refractivity contribution in [2.75, 3.05) is 0 Å². The predicted octanol–water partition coefficient (Wildman–Crippen LogP) is 0.731. The smallest absolute Gasteiger partial charge is 0.308 e. The fraction of sp³-hybridized carbons (Fsp3) is 0.111. The van der Waals surface area contributed by atoms with E-state index in [1.807, 2.05) is 0 Å². The number of carbonyl (C=O) groups is 2. The van der Waals surface area contributed by atoms with Gasteiger partial charge in [0.25, 0.3) is 5.91 Å². The van der Waals surface area contributed by atoms with Gasteiger partial charge in [-0.1, -0.05) is 12.1 Å². The molecule has 14 heavy (non-hydrogen) atoms. The van der Waals surface area contributed by atoms with Crippen LogP contribution in [0.15, 0.2) is 24.3 Å². The predicted molar refractivity (Wildman–Crippen MR) is 47.0 cm³/mol. The summed E-state index contributed by atoms with van der Waals surface area (Å²) in [5.74, 6) is -1.13. The molecule has 0 saturated heterocycles. The monoisotopic (exact) mass is 195 g/mol. The van der Waals surface area contributed by atoms with E-state index in [0.29, 0.717) is 0 Å². The van der Waals surface area contributed by atoms with Crippen LogP contribution < -0.4 is 10.2 Å². The number of carbonyl (C=O) groups excluding carboxylic acids is 2. The van der Waals surface area contributed by atoms with E-state index >= 15 is 0 Å². The highest BCUT2D eigenvalue weighted by atomic mass is 16.5. The van der Waals surface area contributed by atoms with E-state index in [1.54, 1.807) is 12.1 Å². The quantitative estimate of drug-likeness (QED) is 0.315. The first kappa shape index (κ1) is 10.2. The Bertz CT molecular complexity index is 362. The van der Waals surface area contributed by atoms with Gasteiger partial charge < -0.3 is 4.74 Å². The Labute approximate surface area is 80.3 Å². The average Bonchev–Trinajstić information content (AvgIpc) is 2.16. The number of nitrogens with one attached hydrogen (secondary N) is 1. The normalized spacial score (nSPS) is 9.29. The lowest BCUT2D eigenvalue weighted by atomic mass is 10.2. The van der Waals surface area contributed by atoms with Crippen LogP contribution in [0, 0.1) is 0 Å². The van der Waals surface area contributed by atoms with E-state index in [0.717, 1.165) is 0 Å². The summed E-state index contributed by atoms with van der Waals surface area (Å²) in [5.41, 5.74) is 1.57. The number of hydrogen-bond acceptors (Lipinski definition) is 4. The zero-order valence-corrected chi connectivity index (χ0v) is 7.48. The molecular formula is C9H9NO4. The van der Waals surface area contributed by atoms with Crippen molar-refractivity contribution in [1.29, 1.82) is 0 Å². The Balaban J connectivity index is 3.02. The second-order valence-corrected chi connectivity index (χ2v) is 2.53. The molecule has 0 aromatic heterocycles. The van der Waals surface area contributed by atoms with Crippen molar-refractivity contribution < 1.29 is 19.5 Å². The van der Waals surface area contributed by atoms with E-state index in [1.165, 1.54) is 24.5 Å². The molecule has 0 unspecified atom stereocenters. The molecule has 0 aliphatic carbocycles. The van der Waals surface area contributed by atoms with Crippen molar-refractivity contribution in [3.63, 3.8) is 0 Å². The van der Waals surface area contributed by atoms with Gasteiger partial charge in [-0.05, 0) is 12.1 Å². The molecule has 0 atom stereocenters. The van der Waals surface area contributed by atoms with Gasteiger partial charge in [-0.2, -0.15) is 0 Å². The number of para-hydroxylation sites is 1. The minimum atomic E-state index is -0.721. The topological polar surface area (TPSA) is 75.6 Å². The fourth-order valence-corrected chi connectivity index (χ4v) is 0.958. The van der Waals surface area contributed by atoms with Crippen LogP contribution in [0.1, 0.15) is 17.3 Å². The van der Waals surface area contributed by atoms with Crippen molar-refractivity contribution in [3.05, 3.63) is 29.8 Å². The molecule has 1 aromatic rings. The number of ether oxygens (including phenoxy) is 1. The van der Waals surface area contributed by atoms with Gasteiger partial charge in [0.05, 0.1) is 5.56 Å². The summed E-state index contributed by atoms with van der Waals surface area (Å²) in [6, 6.07) is 6.11. The molecule has 1 rings (SSSR count). The van der Waals surface area contributed by atoms with Gasteiger partial charge >= 0.3 is 5.97 Å². The van der Waals surface area contributed by atoms with Crippen LogP contribution in [0.5, 0.6) is 5.75 Å². The number of hydrogen-bond donors (Lipinski definition) is 2. The lowest BCUT2D eigenvalue weighted by molar-refractivity contribution is -0.131. The molecule has 0 aliphatic rings. The molecule has 5 nitrogen and oxygen atoms in total. The van der Waals surface area contributed by atoms with Gasteiger partial charge in [-0.15, -0.1) is 0 Å². The van der Waals surface area contributed by atoms with Crippen LogP contribution >= 0.6 is 0 Å². The summed E-state index contributed by atoms with van der Waals surface area (Å²) in [7, 11) is 0. The molecule has 5 heteroatoms. The molecule has 1 amide bonds. The molecule has 0 spiro atoms. The maximum absolute atomic E-state index is 11.1. The third kappa shape index (κ3) is 2.30. The molecule has 0 radical (unpaired) electrons. The Hall–Kier alpha value is -1.88. The zero-order valence-electron chi connectivity index (χ0n) is 7.48. The SMILES string of the molecule is CC(=O)Oc1ccccc1C(=O)NO. The third-order valence-electron chi connectivity index (χ3n) is 1.49. The molecule has 0 saturated carbocycles. The summed E-state index contributed by atoms with van der Waals surface area (Å²) < 4.78 is 4.76. The van der Waals surface area contributed by atoms with Crippen molar-refractivity contribution in [3.8, 4) is 5.75 Å². The van der Waals surface area contributed by atoms with Crippen LogP contribution in [0.3, 0.4) is 0 Å². The van der Waals surface area contributed by atoms with Crippen LogP contribution in [0.25, 0.3) is 0 Å². The average molecular weight is 195 g/mol. The first-order valence-corrected chi connectivity index (χ1v) is 3.87. The van der Waals surface area contributed by atoms with Crippen LogP contribution in [0.2, 0.25) is 0 Å². The van der Waals surface area contributed by atoms with Crippen molar-refractivity contribution >= 4 is 11.9 Å². The number of hydroxylamine groups is 1. The standard InChI is InChI=1S/C9H9NO4/c1-6(11)14-8-5-3-2-4-7(8)9(12)10-13/h2-5,13H,1H3,(H,10,12). The van der Waals surface area contributed by atoms with Gasteiger partial charge in [0, 0.05) is 6.92 Å². The highest BCUT2D eigenvalue weighted by Gasteiger charge is 2.11. The Morgan fingerprint density at radius 1 is 1.36 bits per heavy atom. The van der Waals surface area contributed by atoms with Crippen LogP contribution in [0.4, 0.5) is 0 Å². The molecule has 2 N–H and O–H groups in total. The number of amides is 1. The molecule has 1 aromatic carbocycles. The van der Waals surface area contributed by atoms with E-state index in [-0.39, 0.29) is 11.3 Å². The van der Waals surface area contributed by atoms with E-state index in [2.05, 4.69) is 0 Å². The summed E-state index contributed by atoms with van der Waals surface area (Å²) in [5, 5.41) is 8.41. The van der Waals surface area contributed by atoms with Crippen molar-refractivity contribution in [1.82, 2.24) is 5.48 Å². The van der Waals surface area contributed by atoms with Gasteiger partial charge in [-0.3, -0.25) is 14.8 Å². The molecule has 0 aliphatic heterocycles. The summed E-state index contributed by atoms with van der Waals surface area (Å²) in [4.78, 5) is 21.7. The lowest BCUT2D eigenvalue weighted by Crippen LogP contribution is -2.20. The Morgan fingerprint density at radius 2 is 2.00 bits per heavy atom. The zero-order chi connectivity index (χ0) is 10.6. The lowest BCUT2D eigenvalue weighted by Gasteiger charge is -2.05. The van der Waals surface area contributed by atoms with Gasteiger partial charge in [0.1, 0.15) is 5.75 Å². The second kappa shape index (κ2) is 4.38. The number of benzene rings is 1. The van der Waals surface area contributed by atoms with Gasteiger partial charge in [0.2, 0.25) is 0 Å².